The SMILES string of the molecule is CCOC(=O)[C@@H](C)Oc1ccc2c3c(c(=O)oc2c1C)CCCC3. The number of fused-ring (bicyclic) bond motifs is 3. The topological polar surface area (TPSA) is 65.7 Å². The number of ether oxygens (including phenoxy) is 2. The highest BCUT2D eigenvalue weighted by Crippen LogP contribution is 2.32. The number of carbonyl (C=O) groups excluding carboxylic acids is 1. The van der Waals surface area contributed by atoms with Crippen LogP contribution in [0.2, 0.25) is 0 Å². The van der Waals surface area contributed by atoms with Crippen molar-refractivity contribution >= 4 is 16.9 Å². The molecular formula is C19H22O5. The van der Waals surface area contributed by atoms with Crippen molar-refractivity contribution in [1.29, 1.82) is 0 Å². The first-order chi connectivity index (χ1) is 11.5. The number of benzene rings is 1. The predicted octanol–water partition coefficient (Wildman–Crippen LogP) is 3.31. The molecule has 0 N–H and O–H groups in total. The number of hydrogen-bond donors (Lipinski definition) is 0. The lowest BCUT2D eigenvalue weighted by molar-refractivity contribution is -0.150. The minimum Gasteiger partial charge on any atom is -0.479 e. The number of carbonyl (C=O) groups is 1. The summed E-state index contributed by atoms with van der Waals surface area (Å²) in [5.74, 6) is 0.117. The smallest absolute Gasteiger partial charge is 0.347 e. The van der Waals surface area contributed by atoms with E-state index in [0.717, 1.165) is 47.8 Å². The van der Waals surface area contributed by atoms with Crippen molar-refractivity contribution in [3.63, 3.8) is 0 Å². The summed E-state index contributed by atoms with van der Waals surface area (Å²) in [6.07, 6.45) is 3.08. The van der Waals surface area contributed by atoms with Crippen molar-refractivity contribution in [1.82, 2.24) is 0 Å². The monoisotopic (exact) mass is 330 g/mol. The molecular weight excluding hydrogens is 308 g/mol. The van der Waals surface area contributed by atoms with Crippen LogP contribution in [0.1, 0.15) is 43.4 Å². The van der Waals surface area contributed by atoms with E-state index in [-0.39, 0.29) is 5.63 Å². The van der Waals surface area contributed by atoms with Crippen LogP contribution in [0.3, 0.4) is 0 Å². The lowest BCUT2D eigenvalue weighted by atomic mass is 9.90. The fourth-order valence-electron chi connectivity index (χ4n) is 3.25. The van der Waals surface area contributed by atoms with Gasteiger partial charge in [-0.15, -0.1) is 0 Å². The molecule has 1 atom stereocenters. The molecule has 1 aliphatic rings. The van der Waals surface area contributed by atoms with E-state index in [9.17, 15) is 9.59 Å². The number of rotatable bonds is 4. The highest BCUT2D eigenvalue weighted by atomic mass is 16.6. The lowest BCUT2D eigenvalue weighted by Crippen LogP contribution is -2.26. The minimum atomic E-state index is -0.717. The molecule has 1 heterocycles. The Labute approximate surface area is 140 Å². The summed E-state index contributed by atoms with van der Waals surface area (Å²) < 4.78 is 16.2. The van der Waals surface area contributed by atoms with Crippen molar-refractivity contribution in [3.05, 3.63) is 39.2 Å². The Hall–Kier alpha value is -2.30. The van der Waals surface area contributed by atoms with Crippen LogP contribution >= 0.6 is 0 Å². The van der Waals surface area contributed by atoms with Gasteiger partial charge in [0.05, 0.1) is 6.61 Å². The van der Waals surface area contributed by atoms with Crippen molar-refractivity contribution < 1.29 is 18.7 Å². The van der Waals surface area contributed by atoms with E-state index in [1.165, 1.54) is 0 Å². The van der Waals surface area contributed by atoms with Crippen LogP contribution < -0.4 is 10.4 Å². The molecule has 0 amide bonds. The maximum absolute atomic E-state index is 12.3. The molecule has 1 aromatic carbocycles. The van der Waals surface area contributed by atoms with Crippen LogP contribution in [0.15, 0.2) is 21.3 Å². The number of hydrogen-bond acceptors (Lipinski definition) is 5. The highest BCUT2D eigenvalue weighted by Gasteiger charge is 2.22. The molecule has 0 spiro atoms. The summed E-state index contributed by atoms with van der Waals surface area (Å²) in [5.41, 5.74) is 2.93. The van der Waals surface area contributed by atoms with E-state index >= 15 is 0 Å². The Kier molecular flexibility index (Phi) is 4.60. The molecule has 24 heavy (non-hydrogen) atoms. The Balaban J connectivity index is 2.02. The van der Waals surface area contributed by atoms with Crippen LogP contribution in [-0.2, 0) is 22.4 Å². The van der Waals surface area contributed by atoms with Gasteiger partial charge in [0, 0.05) is 16.5 Å². The number of esters is 1. The minimum absolute atomic E-state index is 0.254. The molecule has 1 aliphatic carbocycles. The van der Waals surface area contributed by atoms with Crippen molar-refractivity contribution in [3.8, 4) is 5.75 Å². The van der Waals surface area contributed by atoms with Gasteiger partial charge in [0.1, 0.15) is 11.3 Å². The molecule has 0 aliphatic heterocycles. The van der Waals surface area contributed by atoms with E-state index in [4.69, 9.17) is 13.9 Å². The van der Waals surface area contributed by atoms with Crippen molar-refractivity contribution in [2.75, 3.05) is 6.61 Å². The van der Waals surface area contributed by atoms with Gasteiger partial charge in [-0.1, -0.05) is 0 Å². The fourth-order valence-corrected chi connectivity index (χ4v) is 3.25. The second-order valence-electron chi connectivity index (χ2n) is 6.13. The molecule has 0 bridgehead atoms. The van der Waals surface area contributed by atoms with Crippen LogP contribution in [0.25, 0.3) is 11.0 Å². The third-order valence-electron chi connectivity index (χ3n) is 4.51. The van der Waals surface area contributed by atoms with Crippen LogP contribution in [-0.4, -0.2) is 18.7 Å². The Morgan fingerprint density at radius 1 is 1.25 bits per heavy atom. The molecule has 128 valence electrons. The first kappa shape index (κ1) is 16.6. The van der Waals surface area contributed by atoms with Gasteiger partial charge in [-0.05, 0) is 64.2 Å². The Bertz CT molecular complexity index is 834. The molecule has 3 rings (SSSR count). The van der Waals surface area contributed by atoms with Gasteiger partial charge in [0.25, 0.3) is 0 Å². The Morgan fingerprint density at radius 2 is 1.96 bits per heavy atom. The summed E-state index contributed by atoms with van der Waals surface area (Å²) in [5, 5.41) is 0.970. The lowest BCUT2D eigenvalue weighted by Gasteiger charge is -2.19. The third kappa shape index (κ3) is 2.90. The standard InChI is InChI=1S/C19H22O5/c1-4-22-18(20)12(3)23-16-10-9-14-13-7-5-6-8-15(13)19(21)24-17(14)11(16)2/h9-10,12H,4-8H2,1-3H3/t12-/m1/s1. The van der Waals surface area contributed by atoms with Gasteiger partial charge in [0.2, 0.25) is 0 Å². The molecule has 1 aromatic heterocycles. The molecule has 5 nitrogen and oxygen atoms in total. The van der Waals surface area contributed by atoms with Gasteiger partial charge in [0.15, 0.2) is 6.10 Å². The van der Waals surface area contributed by atoms with Crippen molar-refractivity contribution in [2.45, 2.75) is 52.6 Å². The van der Waals surface area contributed by atoms with E-state index in [2.05, 4.69) is 0 Å². The largest absolute Gasteiger partial charge is 0.479 e. The molecule has 0 saturated carbocycles. The molecule has 0 unspecified atom stereocenters. The second kappa shape index (κ2) is 6.67. The summed E-state index contributed by atoms with van der Waals surface area (Å²) in [6, 6.07) is 3.75. The fraction of sp³-hybridized carbons (Fsp3) is 0.474. The first-order valence-corrected chi connectivity index (χ1v) is 8.44. The molecule has 0 fully saturated rings. The predicted molar refractivity (Wildman–Crippen MR) is 90.6 cm³/mol. The number of aryl methyl sites for hydroxylation is 2. The van der Waals surface area contributed by atoms with Gasteiger partial charge in [-0.25, -0.2) is 9.59 Å². The van der Waals surface area contributed by atoms with Gasteiger partial charge < -0.3 is 13.9 Å². The van der Waals surface area contributed by atoms with E-state index < -0.39 is 12.1 Å². The molecule has 2 aromatic rings. The highest BCUT2D eigenvalue weighted by molar-refractivity contribution is 5.86. The Morgan fingerprint density at radius 3 is 2.67 bits per heavy atom. The van der Waals surface area contributed by atoms with Crippen LogP contribution in [0.4, 0.5) is 0 Å². The van der Waals surface area contributed by atoms with E-state index in [0.29, 0.717) is 17.9 Å². The van der Waals surface area contributed by atoms with Crippen LogP contribution in [0.5, 0.6) is 5.75 Å². The maximum atomic E-state index is 12.3. The second-order valence-corrected chi connectivity index (χ2v) is 6.13. The zero-order chi connectivity index (χ0) is 17.3. The van der Waals surface area contributed by atoms with Crippen molar-refractivity contribution in [2.24, 2.45) is 0 Å². The van der Waals surface area contributed by atoms with Gasteiger partial charge in [-0.3, -0.25) is 0 Å². The first-order valence-electron chi connectivity index (χ1n) is 8.44. The average molecular weight is 330 g/mol. The third-order valence-corrected chi connectivity index (χ3v) is 4.51. The summed E-state index contributed by atoms with van der Waals surface area (Å²) in [7, 11) is 0. The molecule has 5 heteroatoms. The zero-order valence-corrected chi connectivity index (χ0v) is 14.3. The van der Waals surface area contributed by atoms with Gasteiger partial charge in [-0.2, -0.15) is 0 Å². The normalized spacial score (nSPS) is 15.0. The summed E-state index contributed by atoms with van der Waals surface area (Å²) >= 11 is 0. The zero-order valence-electron chi connectivity index (χ0n) is 14.3. The average Bonchev–Trinajstić information content (AvgIpc) is 2.58. The molecule has 0 saturated heterocycles. The van der Waals surface area contributed by atoms with Gasteiger partial charge >= 0.3 is 11.6 Å². The maximum Gasteiger partial charge on any atom is 0.347 e. The van der Waals surface area contributed by atoms with E-state index in [1.807, 2.05) is 19.1 Å². The molecule has 0 radical (unpaired) electrons. The van der Waals surface area contributed by atoms with Crippen LogP contribution in [0, 0.1) is 6.92 Å². The van der Waals surface area contributed by atoms with E-state index in [1.54, 1.807) is 13.8 Å². The quantitative estimate of drug-likeness (QED) is 0.635. The summed E-state index contributed by atoms with van der Waals surface area (Å²) in [6.45, 7) is 5.55. The summed E-state index contributed by atoms with van der Waals surface area (Å²) in [4.78, 5) is 24.0.